The number of hydrogen-bond acceptors (Lipinski definition) is 2. The Kier molecular flexibility index (Phi) is 3.27. The molecule has 3 heteroatoms. The lowest BCUT2D eigenvalue weighted by Gasteiger charge is -2.19. The number of likely N-dealkylation sites (N-methyl/N-ethyl adjacent to an activating group) is 1. The van der Waals surface area contributed by atoms with Crippen molar-refractivity contribution in [3.05, 3.63) is 0 Å². The zero-order valence-corrected chi connectivity index (χ0v) is 6.96. The molecular formula is C8H16FNO. The lowest BCUT2D eigenvalue weighted by atomic mass is 10.2. The van der Waals surface area contributed by atoms with Crippen LogP contribution < -0.4 is 0 Å². The van der Waals surface area contributed by atoms with Crippen molar-refractivity contribution in [2.75, 3.05) is 19.6 Å². The molecule has 0 radical (unpaired) electrons. The number of hydrogen-bond donors (Lipinski definition) is 1. The second-order valence-corrected chi connectivity index (χ2v) is 3.18. The summed E-state index contributed by atoms with van der Waals surface area (Å²) in [7, 11) is 0. The summed E-state index contributed by atoms with van der Waals surface area (Å²) in [4.78, 5) is 1.96. The molecule has 0 aromatic rings. The Bertz CT molecular complexity index is 109. The van der Waals surface area contributed by atoms with E-state index in [1.165, 1.54) is 0 Å². The molecule has 1 N–H and O–H groups in total. The second kappa shape index (κ2) is 4.02. The summed E-state index contributed by atoms with van der Waals surface area (Å²) in [6.07, 6.45) is 0.0535. The molecule has 2 unspecified atom stereocenters. The molecule has 0 bridgehead atoms. The lowest BCUT2D eigenvalue weighted by molar-refractivity contribution is 0.122. The molecule has 11 heavy (non-hydrogen) atoms. The molecule has 0 spiro atoms. The first-order valence-corrected chi connectivity index (χ1v) is 4.27. The molecule has 1 saturated heterocycles. The third-order valence-corrected chi connectivity index (χ3v) is 2.19. The van der Waals surface area contributed by atoms with Crippen LogP contribution in [0.3, 0.4) is 0 Å². The minimum Gasteiger partial charge on any atom is -0.392 e. The van der Waals surface area contributed by atoms with Crippen molar-refractivity contribution in [3.8, 4) is 0 Å². The van der Waals surface area contributed by atoms with E-state index in [2.05, 4.69) is 0 Å². The van der Waals surface area contributed by atoms with E-state index in [1.54, 1.807) is 0 Å². The van der Waals surface area contributed by atoms with Crippen LogP contribution in [0.15, 0.2) is 0 Å². The molecule has 1 aliphatic heterocycles. The van der Waals surface area contributed by atoms with Crippen molar-refractivity contribution < 1.29 is 9.50 Å². The van der Waals surface area contributed by atoms with E-state index in [4.69, 9.17) is 0 Å². The number of β-amino-alcohol motifs (C(OH)–C–C–N with tert-alkyl or cyclic N) is 1. The van der Waals surface area contributed by atoms with Crippen LogP contribution in [0.25, 0.3) is 0 Å². The molecule has 1 rings (SSSR count). The molecule has 2 nitrogen and oxygen atoms in total. The minimum absolute atomic E-state index is 0.323. The number of alkyl halides is 1. The summed E-state index contributed by atoms with van der Waals surface area (Å²) in [5.74, 6) is 0. The van der Waals surface area contributed by atoms with E-state index in [0.717, 1.165) is 6.54 Å². The number of aliphatic hydroxyl groups is 1. The van der Waals surface area contributed by atoms with Crippen molar-refractivity contribution in [2.24, 2.45) is 0 Å². The number of rotatable bonds is 1. The molecule has 1 heterocycles. The maximum absolute atomic E-state index is 12.9. The van der Waals surface area contributed by atoms with Crippen molar-refractivity contribution in [1.82, 2.24) is 4.90 Å². The van der Waals surface area contributed by atoms with Gasteiger partial charge in [0, 0.05) is 13.1 Å². The van der Waals surface area contributed by atoms with E-state index in [0.29, 0.717) is 25.9 Å². The number of nitrogens with zero attached hydrogens (tertiary/aromatic N) is 1. The van der Waals surface area contributed by atoms with Gasteiger partial charge in [-0.05, 0) is 19.4 Å². The zero-order chi connectivity index (χ0) is 8.27. The molecule has 0 amide bonds. The van der Waals surface area contributed by atoms with Crippen LogP contribution in [-0.4, -0.2) is 41.9 Å². The highest BCUT2D eigenvalue weighted by atomic mass is 19.1. The van der Waals surface area contributed by atoms with Crippen LogP contribution in [0.4, 0.5) is 4.39 Å². The van der Waals surface area contributed by atoms with Gasteiger partial charge >= 0.3 is 0 Å². The highest BCUT2D eigenvalue weighted by Crippen LogP contribution is 2.13. The van der Waals surface area contributed by atoms with E-state index >= 15 is 0 Å². The topological polar surface area (TPSA) is 23.5 Å². The number of likely N-dealkylation sites (tertiary alicyclic amines) is 1. The first-order valence-electron chi connectivity index (χ1n) is 4.27. The standard InChI is InChI=1S/C8H16FNO/c1-2-10-5-7(9)3-4-8(11)6-10/h7-8,11H,2-6H2,1H3. The highest BCUT2D eigenvalue weighted by molar-refractivity contribution is 4.74. The van der Waals surface area contributed by atoms with Gasteiger partial charge in [-0.3, -0.25) is 4.90 Å². The Balaban J connectivity index is 2.41. The second-order valence-electron chi connectivity index (χ2n) is 3.18. The Morgan fingerprint density at radius 2 is 2.18 bits per heavy atom. The Hall–Kier alpha value is -0.150. The molecule has 66 valence electrons. The van der Waals surface area contributed by atoms with Crippen LogP contribution in [0.1, 0.15) is 19.8 Å². The smallest absolute Gasteiger partial charge is 0.113 e. The number of halogens is 1. The molecular weight excluding hydrogens is 145 g/mol. The summed E-state index contributed by atoms with van der Waals surface area (Å²) < 4.78 is 12.9. The molecule has 2 atom stereocenters. The van der Waals surface area contributed by atoms with Gasteiger partial charge in [0.2, 0.25) is 0 Å². The summed E-state index contributed by atoms with van der Waals surface area (Å²) >= 11 is 0. The summed E-state index contributed by atoms with van der Waals surface area (Å²) in [6.45, 7) is 3.95. The van der Waals surface area contributed by atoms with Gasteiger partial charge < -0.3 is 5.11 Å². The van der Waals surface area contributed by atoms with E-state index in [9.17, 15) is 9.50 Å². The molecule has 1 fully saturated rings. The van der Waals surface area contributed by atoms with E-state index < -0.39 is 6.17 Å². The molecule has 0 saturated carbocycles. The summed E-state index contributed by atoms with van der Waals surface area (Å²) in [5, 5.41) is 9.30. The maximum Gasteiger partial charge on any atom is 0.113 e. The normalized spacial score (nSPS) is 35.2. The molecule has 0 aromatic heterocycles. The summed E-state index contributed by atoms with van der Waals surface area (Å²) in [5.41, 5.74) is 0. The van der Waals surface area contributed by atoms with Crippen LogP contribution >= 0.6 is 0 Å². The minimum atomic E-state index is -0.743. The van der Waals surface area contributed by atoms with Gasteiger partial charge in [-0.25, -0.2) is 4.39 Å². The predicted octanol–water partition coefficient (Wildman–Crippen LogP) is 0.801. The Morgan fingerprint density at radius 1 is 1.45 bits per heavy atom. The first kappa shape index (κ1) is 8.94. The predicted molar refractivity (Wildman–Crippen MR) is 42.3 cm³/mol. The fourth-order valence-electron chi connectivity index (χ4n) is 1.47. The van der Waals surface area contributed by atoms with Crippen LogP contribution in [0, 0.1) is 0 Å². The van der Waals surface area contributed by atoms with E-state index in [-0.39, 0.29) is 6.10 Å². The van der Waals surface area contributed by atoms with Gasteiger partial charge in [0.15, 0.2) is 0 Å². The number of aliphatic hydroxyl groups excluding tert-OH is 1. The van der Waals surface area contributed by atoms with Gasteiger partial charge in [-0.2, -0.15) is 0 Å². The van der Waals surface area contributed by atoms with Crippen LogP contribution in [0.2, 0.25) is 0 Å². The van der Waals surface area contributed by atoms with Gasteiger partial charge in [0.25, 0.3) is 0 Å². The van der Waals surface area contributed by atoms with Crippen molar-refractivity contribution in [3.63, 3.8) is 0 Å². The molecule has 1 aliphatic rings. The SMILES string of the molecule is CCN1CC(O)CCC(F)C1. The highest BCUT2D eigenvalue weighted by Gasteiger charge is 2.20. The fraction of sp³-hybridized carbons (Fsp3) is 1.00. The monoisotopic (exact) mass is 161 g/mol. The van der Waals surface area contributed by atoms with Crippen molar-refractivity contribution >= 4 is 0 Å². The van der Waals surface area contributed by atoms with Crippen molar-refractivity contribution in [2.45, 2.75) is 32.0 Å². The third-order valence-electron chi connectivity index (χ3n) is 2.19. The summed E-state index contributed by atoms with van der Waals surface area (Å²) in [6, 6.07) is 0. The van der Waals surface area contributed by atoms with Crippen molar-refractivity contribution in [1.29, 1.82) is 0 Å². The fourth-order valence-corrected chi connectivity index (χ4v) is 1.47. The van der Waals surface area contributed by atoms with Gasteiger partial charge in [0.05, 0.1) is 6.10 Å². The lowest BCUT2D eigenvalue weighted by Crippen LogP contribution is -2.32. The van der Waals surface area contributed by atoms with E-state index in [1.807, 2.05) is 11.8 Å². The zero-order valence-electron chi connectivity index (χ0n) is 6.96. The average molecular weight is 161 g/mol. The largest absolute Gasteiger partial charge is 0.392 e. The van der Waals surface area contributed by atoms with Gasteiger partial charge in [0.1, 0.15) is 6.17 Å². The Morgan fingerprint density at radius 3 is 2.82 bits per heavy atom. The molecule has 0 aromatic carbocycles. The van der Waals surface area contributed by atoms with Crippen LogP contribution in [0.5, 0.6) is 0 Å². The first-order chi connectivity index (χ1) is 5.22. The average Bonchev–Trinajstić information content (AvgIpc) is 2.13. The quantitative estimate of drug-likeness (QED) is 0.615. The Labute approximate surface area is 67.0 Å². The van der Waals surface area contributed by atoms with Crippen LogP contribution in [-0.2, 0) is 0 Å². The maximum atomic E-state index is 12.9. The van der Waals surface area contributed by atoms with Gasteiger partial charge in [-0.1, -0.05) is 6.92 Å². The third kappa shape index (κ3) is 2.75. The molecule has 0 aliphatic carbocycles. The van der Waals surface area contributed by atoms with Gasteiger partial charge in [-0.15, -0.1) is 0 Å².